The average Bonchev–Trinajstić information content (AvgIpc) is 3.35. The maximum absolute atomic E-state index is 13.4. The summed E-state index contributed by atoms with van der Waals surface area (Å²) in [6, 6.07) is 5.87. The van der Waals surface area contributed by atoms with Gasteiger partial charge in [0.15, 0.2) is 5.78 Å². The lowest BCUT2D eigenvalue weighted by molar-refractivity contribution is -0.144. The van der Waals surface area contributed by atoms with Gasteiger partial charge in [0, 0.05) is 62.2 Å². The van der Waals surface area contributed by atoms with Gasteiger partial charge in [-0.25, -0.2) is 0 Å². The predicted octanol–water partition coefficient (Wildman–Crippen LogP) is 1.87. The Morgan fingerprint density at radius 2 is 1.67 bits per heavy atom. The van der Waals surface area contributed by atoms with Crippen molar-refractivity contribution in [2.75, 3.05) is 13.1 Å². The van der Waals surface area contributed by atoms with Gasteiger partial charge in [0.05, 0.1) is 23.8 Å². The van der Waals surface area contributed by atoms with Gasteiger partial charge in [-0.1, -0.05) is 18.2 Å². The van der Waals surface area contributed by atoms with E-state index in [0.717, 1.165) is 16.5 Å². The Hall–Kier alpha value is -4.10. The first-order chi connectivity index (χ1) is 20.5. The van der Waals surface area contributed by atoms with E-state index in [1.807, 2.05) is 24.3 Å². The highest BCUT2D eigenvalue weighted by atomic mass is 16.4. The largest absolute Gasteiger partial charge is 0.481 e. The van der Waals surface area contributed by atoms with Gasteiger partial charge in [0.1, 0.15) is 5.78 Å². The number of rotatable bonds is 23. The average molecular weight is 601 g/mol. The van der Waals surface area contributed by atoms with E-state index in [1.165, 1.54) is 0 Å². The number of aromatic nitrogens is 1. The maximum atomic E-state index is 13.4. The molecule has 0 aliphatic rings. The minimum absolute atomic E-state index is 0.000403. The van der Waals surface area contributed by atoms with Crippen molar-refractivity contribution >= 4 is 46.2 Å². The molecule has 0 fully saturated rings. The van der Waals surface area contributed by atoms with Gasteiger partial charge >= 0.3 is 11.9 Å². The summed E-state index contributed by atoms with van der Waals surface area (Å²) in [7, 11) is 0. The molecule has 13 heteroatoms. The van der Waals surface area contributed by atoms with Crippen LogP contribution in [0.25, 0.3) is 10.9 Å². The second-order valence-electron chi connectivity index (χ2n) is 10.8. The van der Waals surface area contributed by atoms with Crippen molar-refractivity contribution in [1.82, 2.24) is 15.6 Å². The normalized spacial score (nSPS) is 13.2. The monoisotopic (exact) mass is 600 g/mol. The summed E-state index contributed by atoms with van der Waals surface area (Å²) in [4.78, 5) is 64.0. The van der Waals surface area contributed by atoms with E-state index >= 15 is 0 Å². The Morgan fingerprint density at radius 1 is 0.930 bits per heavy atom. The van der Waals surface area contributed by atoms with Crippen molar-refractivity contribution in [3.63, 3.8) is 0 Å². The molecular weight excluding hydrogens is 556 g/mol. The number of ketones is 2. The highest BCUT2D eigenvalue weighted by molar-refractivity contribution is 5.92. The van der Waals surface area contributed by atoms with Crippen LogP contribution in [0.2, 0.25) is 0 Å². The first-order valence-corrected chi connectivity index (χ1v) is 14.6. The molecular formula is C30H44N6O7. The lowest BCUT2D eigenvalue weighted by Crippen LogP contribution is -2.49. The summed E-state index contributed by atoms with van der Waals surface area (Å²) in [6.45, 7) is 1.15. The summed E-state index contributed by atoms with van der Waals surface area (Å²) in [5.74, 6) is -4.11. The van der Waals surface area contributed by atoms with Crippen molar-refractivity contribution in [2.45, 2.75) is 82.7 Å². The molecule has 1 amide bonds. The number of carboxylic acid groups (broad SMARTS) is 2. The van der Waals surface area contributed by atoms with Gasteiger partial charge in [0.2, 0.25) is 5.91 Å². The van der Waals surface area contributed by atoms with E-state index in [9.17, 15) is 29.1 Å². The number of carbonyl (C=O) groups excluding carboxylic acids is 3. The van der Waals surface area contributed by atoms with Gasteiger partial charge in [-0.2, -0.15) is 0 Å². The van der Waals surface area contributed by atoms with Crippen LogP contribution in [-0.4, -0.2) is 75.6 Å². The van der Waals surface area contributed by atoms with E-state index in [0.29, 0.717) is 32.4 Å². The Kier molecular flexibility index (Phi) is 15.1. The zero-order valence-corrected chi connectivity index (χ0v) is 24.4. The first-order valence-electron chi connectivity index (χ1n) is 14.6. The van der Waals surface area contributed by atoms with Crippen LogP contribution in [0.1, 0.15) is 69.8 Å². The fraction of sp³-hybridized carbons (Fsp3) is 0.533. The number of H-pyrrole nitrogens is 1. The van der Waals surface area contributed by atoms with Crippen LogP contribution in [-0.2, 0) is 30.4 Å². The van der Waals surface area contributed by atoms with Crippen LogP contribution < -0.4 is 22.1 Å². The number of amides is 1. The number of nitrogens with two attached hydrogens (primary N) is 2. The molecule has 0 aliphatic heterocycles. The summed E-state index contributed by atoms with van der Waals surface area (Å²) in [5.41, 5.74) is 13.2. The molecule has 43 heavy (non-hydrogen) atoms. The fourth-order valence-corrected chi connectivity index (χ4v) is 4.79. The van der Waals surface area contributed by atoms with Crippen LogP contribution >= 0.6 is 0 Å². The lowest BCUT2D eigenvalue weighted by atomic mass is 9.92. The third-order valence-electron chi connectivity index (χ3n) is 7.23. The molecule has 1 aromatic heterocycles. The molecule has 0 saturated carbocycles. The minimum atomic E-state index is -1.15. The standard InChI is InChI=1S/C30H44N6O7/c31-23(9-5-14-34-15-13-27(32)33)29(41)36-25(17-20-18-35-24-10-2-1-8-22(20)24)26(38)11-3-6-19(30(42)43)16-21(37)7-4-12-28(39)40/h1-2,8,10,18-19,23,25,34-35H,3-7,9,11-17,31H2,(H3,32,33)(H,36,41)(H,39,40)(H,42,43)/t19-,23-,25+/m0/s1. The zero-order chi connectivity index (χ0) is 31.8. The van der Waals surface area contributed by atoms with E-state index in [4.69, 9.17) is 22.0 Å². The molecule has 2 aromatic rings. The second-order valence-corrected chi connectivity index (χ2v) is 10.8. The summed E-state index contributed by atoms with van der Waals surface area (Å²) >= 11 is 0. The van der Waals surface area contributed by atoms with Crippen LogP contribution in [0.15, 0.2) is 30.5 Å². The molecule has 13 nitrogen and oxygen atoms in total. The van der Waals surface area contributed by atoms with Crippen LogP contribution in [0.5, 0.6) is 0 Å². The number of aromatic amines is 1. The topological polar surface area (TPSA) is 242 Å². The Labute approximate surface area is 250 Å². The van der Waals surface area contributed by atoms with Gasteiger partial charge in [-0.3, -0.25) is 29.4 Å². The van der Waals surface area contributed by atoms with Crippen molar-refractivity contribution in [1.29, 1.82) is 5.41 Å². The number of amidine groups is 1. The molecule has 0 unspecified atom stereocenters. The zero-order valence-electron chi connectivity index (χ0n) is 24.4. The van der Waals surface area contributed by atoms with E-state index in [2.05, 4.69) is 15.6 Å². The molecule has 1 aromatic carbocycles. The highest BCUT2D eigenvalue weighted by Gasteiger charge is 2.26. The van der Waals surface area contributed by atoms with E-state index < -0.39 is 35.8 Å². The second kappa shape index (κ2) is 18.4. The number of carbonyl (C=O) groups is 5. The van der Waals surface area contributed by atoms with Crippen molar-refractivity contribution < 1.29 is 34.2 Å². The molecule has 0 bridgehead atoms. The van der Waals surface area contributed by atoms with Crippen LogP contribution in [0.4, 0.5) is 0 Å². The molecule has 0 spiro atoms. The Morgan fingerprint density at radius 3 is 2.37 bits per heavy atom. The quantitative estimate of drug-likeness (QED) is 0.0523. The molecule has 1 heterocycles. The molecule has 236 valence electrons. The minimum Gasteiger partial charge on any atom is -0.481 e. The fourth-order valence-electron chi connectivity index (χ4n) is 4.79. The third-order valence-corrected chi connectivity index (χ3v) is 7.23. The SMILES string of the molecule is N=C(N)CCNCCC[C@H](N)C(=O)N[C@H](Cc1c[nH]c2ccccc12)C(=O)CCC[C@@H](CC(=O)CCCC(=O)O)C(=O)O. The van der Waals surface area contributed by atoms with Gasteiger partial charge in [0.25, 0.3) is 0 Å². The molecule has 0 saturated heterocycles. The molecule has 2 rings (SSSR count). The number of carboxylic acids is 2. The smallest absolute Gasteiger partial charge is 0.306 e. The summed E-state index contributed by atoms with van der Waals surface area (Å²) < 4.78 is 0. The van der Waals surface area contributed by atoms with Gasteiger partial charge in [-0.05, 0) is 50.3 Å². The number of Topliss-reactive ketones (excluding diaryl/α,β-unsaturated/α-hetero) is 2. The molecule has 0 aliphatic carbocycles. The van der Waals surface area contributed by atoms with Gasteiger partial charge < -0.3 is 37.3 Å². The molecule has 3 atom stereocenters. The molecule has 10 N–H and O–H groups in total. The summed E-state index contributed by atoms with van der Waals surface area (Å²) in [6.07, 6.45) is 3.48. The van der Waals surface area contributed by atoms with Crippen LogP contribution in [0.3, 0.4) is 0 Å². The van der Waals surface area contributed by atoms with Gasteiger partial charge in [-0.15, -0.1) is 0 Å². The number of nitrogens with one attached hydrogen (secondary N) is 4. The number of hydrogen-bond donors (Lipinski definition) is 8. The van der Waals surface area contributed by atoms with E-state index in [1.54, 1.807) is 6.20 Å². The number of para-hydroxylation sites is 1. The number of fused-ring (bicyclic) bond motifs is 1. The Balaban J connectivity index is 1.99. The number of benzene rings is 1. The first kappa shape index (κ1) is 35.1. The van der Waals surface area contributed by atoms with Crippen molar-refractivity contribution in [3.05, 3.63) is 36.0 Å². The Bertz CT molecular complexity index is 1260. The molecule has 0 radical (unpaired) electrons. The van der Waals surface area contributed by atoms with E-state index in [-0.39, 0.29) is 68.8 Å². The third kappa shape index (κ3) is 13.2. The maximum Gasteiger partial charge on any atom is 0.306 e. The van der Waals surface area contributed by atoms with Crippen molar-refractivity contribution in [2.24, 2.45) is 17.4 Å². The van der Waals surface area contributed by atoms with Crippen LogP contribution in [0, 0.1) is 11.3 Å². The summed E-state index contributed by atoms with van der Waals surface area (Å²) in [5, 5.41) is 32.4. The predicted molar refractivity (Wildman–Crippen MR) is 162 cm³/mol. The highest BCUT2D eigenvalue weighted by Crippen LogP contribution is 2.21. The van der Waals surface area contributed by atoms with Crippen molar-refractivity contribution in [3.8, 4) is 0 Å². The number of aliphatic carboxylic acids is 2. The number of hydrogen-bond acceptors (Lipinski definition) is 8. The lowest BCUT2D eigenvalue weighted by Gasteiger charge is -2.21.